The molecule has 6 rings (SSSR count). The van der Waals surface area contributed by atoms with Gasteiger partial charge in [0.05, 0.1) is 17.6 Å². The highest BCUT2D eigenvalue weighted by molar-refractivity contribution is 7.81. The smallest absolute Gasteiger partial charge is 0.273 e. The Morgan fingerprint density at radius 3 is 1.90 bits per heavy atom. The van der Waals surface area contributed by atoms with E-state index in [1.165, 1.54) is 17.7 Å². The lowest BCUT2D eigenvalue weighted by Gasteiger charge is -2.25. The van der Waals surface area contributed by atoms with Crippen LogP contribution < -0.4 is 42.4 Å². The number of non-ortho nitro benzene ring substituents is 1. The second-order valence-electron chi connectivity index (χ2n) is 12.1. The Morgan fingerprint density at radius 1 is 0.784 bits per heavy atom. The van der Waals surface area contributed by atoms with E-state index in [1.54, 1.807) is 6.07 Å². The van der Waals surface area contributed by atoms with E-state index in [0.29, 0.717) is 32.2 Å². The Kier molecular flexibility index (Phi) is 16.1. The highest BCUT2D eigenvalue weighted by Gasteiger charge is 2.23. The highest BCUT2D eigenvalue weighted by atomic mass is 32.2. The summed E-state index contributed by atoms with van der Waals surface area (Å²) in [6.45, 7) is 3.65. The second-order valence-corrected chi connectivity index (χ2v) is 13.0. The quantitative estimate of drug-likeness (QED) is 0.0719. The van der Waals surface area contributed by atoms with Crippen LogP contribution in [0.3, 0.4) is 0 Å². The third-order valence-corrected chi connectivity index (χ3v) is 9.02. The normalized spacial score (nSPS) is 19.0. The van der Waals surface area contributed by atoms with E-state index >= 15 is 0 Å². The fourth-order valence-corrected chi connectivity index (χ4v) is 6.20. The molecule has 0 aromatic heterocycles. The zero-order valence-corrected chi connectivity index (χ0v) is 29.5. The van der Waals surface area contributed by atoms with Crippen LogP contribution in [0.15, 0.2) is 54.6 Å². The van der Waals surface area contributed by atoms with Crippen LogP contribution in [0.2, 0.25) is 0 Å². The van der Waals surface area contributed by atoms with Crippen LogP contribution in [0.4, 0.5) is 17.1 Å². The molecule has 280 valence electrons. The third-order valence-electron chi connectivity index (χ3n) is 8.24. The third kappa shape index (κ3) is 12.6. The predicted octanol–water partition coefficient (Wildman–Crippen LogP) is 4.11. The molecule has 4 atom stereocenters. The van der Waals surface area contributed by atoms with Crippen molar-refractivity contribution in [2.75, 3.05) is 36.9 Å². The van der Waals surface area contributed by atoms with Crippen molar-refractivity contribution in [2.45, 2.75) is 76.6 Å². The summed E-state index contributed by atoms with van der Waals surface area (Å²) in [5, 5.41) is 10.6. The fourth-order valence-electron chi connectivity index (χ4n) is 5.56. The molecule has 3 aliphatic heterocycles. The molecule has 17 heteroatoms. The Bertz CT molecular complexity index is 1580. The summed E-state index contributed by atoms with van der Waals surface area (Å²) >= 11 is -1.51. The van der Waals surface area contributed by atoms with E-state index < -0.39 is 16.2 Å². The van der Waals surface area contributed by atoms with Crippen LogP contribution in [0.25, 0.3) is 0 Å². The van der Waals surface area contributed by atoms with Crippen LogP contribution in [0, 0.1) is 10.1 Å². The first-order valence-corrected chi connectivity index (χ1v) is 17.9. The van der Waals surface area contributed by atoms with Gasteiger partial charge in [-0.1, -0.05) is 19.4 Å². The largest absolute Gasteiger partial charge is 0.488 e. The Hall–Kier alpha value is -4.07. The van der Waals surface area contributed by atoms with Crippen LogP contribution in [-0.4, -0.2) is 53.9 Å². The first kappa shape index (κ1) is 39.7. The van der Waals surface area contributed by atoms with Crippen LogP contribution in [0.5, 0.6) is 17.2 Å². The summed E-state index contributed by atoms with van der Waals surface area (Å²) in [7, 11) is 0. The minimum absolute atomic E-state index is 0.00665. The molecular weight excluding hydrogens is 684 g/mol. The summed E-state index contributed by atoms with van der Waals surface area (Å²) in [4.78, 5) is 23.9. The molecule has 0 spiro atoms. The number of nitrogens with two attached hydrogens (primary N) is 4. The lowest BCUT2D eigenvalue weighted by Crippen LogP contribution is -2.29. The molecule has 9 N–H and O–H groups in total. The van der Waals surface area contributed by atoms with E-state index in [4.69, 9.17) is 41.8 Å². The number of nitrogen functional groups attached to an aromatic ring is 1. The van der Waals surface area contributed by atoms with Gasteiger partial charge in [-0.05, 0) is 92.0 Å². The molecule has 0 bridgehead atoms. The highest BCUT2D eigenvalue weighted by Crippen LogP contribution is 2.32. The van der Waals surface area contributed by atoms with Crippen molar-refractivity contribution in [1.82, 2.24) is 0 Å². The van der Waals surface area contributed by atoms with Crippen molar-refractivity contribution in [3.63, 3.8) is 0 Å². The predicted molar refractivity (Wildman–Crippen MR) is 192 cm³/mol. The number of nitrogens with one attached hydrogen (secondary N) is 1. The van der Waals surface area contributed by atoms with Crippen molar-refractivity contribution < 1.29 is 42.0 Å². The molecule has 3 aromatic carbocycles. The summed E-state index contributed by atoms with van der Waals surface area (Å²) < 4.78 is 36.7. The molecule has 0 amide bonds. The van der Waals surface area contributed by atoms with Gasteiger partial charge >= 0.3 is 0 Å². The summed E-state index contributed by atoms with van der Waals surface area (Å²) in [6.07, 6.45) is 7.12. The topological polar surface area (TPSA) is 241 Å². The van der Waals surface area contributed by atoms with E-state index in [2.05, 4.69) is 26.2 Å². The number of hydrogen-bond acceptors (Lipinski definition) is 14. The van der Waals surface area contributed by atoms with Gasteiger partial charge in [0.15, 0.2) is 0 Å². The number of nitro groups is 1. The molecule has 0 saturated carbocycles. The standard InChI is InChI=1S/C14H22N2O4S.C10H12N2O4.C10H14N2O2/c1-2-3-8-19-21(17)16-12-5-7-14-11(9-12)4-6-13(20-14)10-18-15;11-15-6-9-4-2-7-1-3-8(12(13)14)5-10(7)16-9;11-8-3-1-7-2-4-9(6-13-12)14-10(7)5-8/h5,7,9,13,16H,2-4,6,8,10,15H2,1H3;1,3,5,9H,2,4,6,11H2;1,3,5,9H,2,4,6,11-12H2. The minimum Gasteiger partial charge on any atom is -0.488 e. The number of hydrogen-bond donors (Lipinski definition) is 5. The first-order chi connectivity index (χ1) is 24.7. The van der Waals surface area contributed by atoms with Gasteiger partial charge in [-0.2, -0.15) is 0 Å². The lowest BCUT2D eigenvalue weighted by molar-refractivity contribution is -0.385. The van der Waals surface area contributed by atoms with Gasteiger partial charge in [-0.25, -0.2) is 21.9 Å². The number of benzene rings is 3. The van der Waals surface area contributed by atoms with Crippen LogP contribution >= 0.6 is 0 Å². The number of aryl methyl sites for hydroxylation is 3. The zero-order chi connectivity index (χ0) is 36.6. The van der Waals surface area contributed by atoms with Gasteiger partial charge in [0.2, 0.25) is 0 Å². The second kappa shape index (κ2) is 20.7. The van der Waals surface area contributed by atoms with Gasteiger partial charge < -0.3 is 34.5 Å². The molecule has 3 aliphatic rings. The maximum atomic E-state index is 11.7. The van der Waals surface area contributed by atoms with Crippen LogP contribution in [-0.2, 0) is 49.2 Å². The molecule has 3 heterocycles. The van der Waals surface area contributed by atoms with Gasteiger partial charge in [0, 0.05) is 23.5 Å². The van der Waals surface area contributed by atoms with Gasteiger partial charge in [0.25, 0.3) is 17.0 Å². The maximum absolute atomic E-state index is 11.7. The van der Waals surface area contributed by atoms with Gasteiger partial charge in [-0.15, -0.1) is 0 Å². The molecular formula is C34H48N6O10S. The van der Waals surface area contributed by atoms with Crippen LogP contribution in [0.1, 0.15) is 55.7 Å². The summed E-state index contributed by atoms with van der Waals surface area (Å²) in [6, 6.07) is 16.0. The zero-order valence-electron chi connectivity index (χ0n) is 28.7. The molecule has 0 radical (unpaired) electrons. The van der Waals surface area contributed by atoms with Crippen molar-refractivity contribution in [3.05, 3.63) is 81.4 Å². The molecule has 51 heavy (non-hydrogen) atoms. The van der Waals surface area contributed by atoms with E-state index in [-0.39, 0.29) is 24.0 Å². The van der Waals surface area contributed by atoms with Gasteiger partial charge in [0.1, 0.15) is 55.4 Å². The number of anilines is 2. The van der Waals surface area contributed by atoms with E-state index in [1.807, 2.05) is 36.4 Å². The average Bonchev–Trinajstić information content (AvgIpc) is 3.12. The monoisotopic (exact) mass is 732 g/mol. The summed E-state index contributed by atoms with van der Waals surface area (Å²) in [5.41, 5.74) is 10.5. The molecule has 0 saturated heterocycles. The average molecular weight is 733 g/mol. The Morgan fingerprint density at radius 2 is 1.33 bits per heavy atom. The number of unbranched alkanes of at least 4 members (excludes halogenated alkanes) is 1. The number of rotatable bonds is 13. The van der Waals surface area contributed by atoms with Gasteiger partial charge in [-0.3, -0.25) is 19.0 Å². The molecule has 3 aromatic rings. The molecule has 0 aliphatic carbocycles. The van der Waals surface area contributed by atoms with Crippen molar-refractivity contribution in [2.24, 2.45) is 17.7 Å². The molecule has 0 fully saturated rings. The number of nitro benzene ring substituents is 1. The number of fused-ring (bicyclic) bond motifs is 3. The molecule has 16 nitrogen and oxygen atoms in total. The Labute approximate surface area is 299 Å². The minimum atomic E-state index is -1.51. The van der Waals surface area contributed by atoms with Crippen molar-refractivity contribution in [1.29, 1.82) is 0 Å². The fraction of sp³-hybridized carbons (Fsp3) is 0.471. The Balaban J connectivity index is 0.000000175. The van der Waals surface area contributed by atoms with Crippen molar-refractivity contribution >= 4 is 28.3 Å². The van der Waals surface area contributed by atoms with E-state index in [9.17, 15) is 14.3 Å². The van der Waals surface area contributed by atoms with Crippen molar-refractivity contribution in [3.8, 4) is 17.2 Å². The maximum Gasteiger partial charge on any atom is 0.273 e. The first-order valence-electron chi connectivity index (χ1n) is 16.8. The van der Waals surface area contributed by atoms with E-state index in [0.717, 1.165) is 85.4 Å². The SMILES string of the molecule is CCCCOS(=O)Nc1ccc2c(c1)CCC(CON)O2.NOCC1CCc2ccc(N)cc2O1.NOCC1CCc2ccc([N+](=O)[O-])cc2O1. The molecule has 4 unspecified atom stereocenters. The number of nitrogens with zero attached hydrogens (tertiary/aromatic N) is 1. The number of ether oxygens (including phenoxy) is 3. The lowest BCUT2D eigenvalue weighted by atomic mass is 10.0. The summed E-state index contributed by atoms with van der Waals surface area (Å²) in [5.74, 6) is 17.3.